The molecule has 1 atom stereocenters. The number of nitrogens with zero attached hydrogens (tertiary/aromatic N) is 1. The van der Waals surface area contributed by atoms with Gasteiger partial charge in [0, 0.05) is 22.6 Å². The van der Waals surface area contributed by atoms with E-state index >= 15 is 0 Å². The second kappa shape index (κ2) is 4.46. The molecule has 1 aliphatic heterocycles. The Morgan fingerprint density at radius 2 is 1.87 bits per heavy atom. The van der Waals surface area contributed by atoms with Gasteiger partial charge in [-0.1, -0.05) is 13.8 Å². The minimum absolute atomic E-state index is 0.0611. The van der Waals surface area contributed by atoms with Crippen molar-refractivity contribution in [3.63, 3.8) is 0 Å². The molecule has 0 spiro atoms. The third-order valence-corrected chi connectivity index (χ3v) is 4.47. The van der Waals surface area contributed by atoms with E-state index in [4.69, 9.17) is 0 Å². The summed E-state index contributed by atoms with van der Waals surface area (Å²) in [4.78, 5) is 14.5. The minimum atomic E-state index is 0.0611. The largest absolute Gasteiger partial charge is 0.298 e. The van der Waals surface area contributed by atoms with Crippen molar-refractivity contribution in [2.24, 2.45) is 5.92 Å². The van der Waals surface area contributed by atoms with Gasteiger partial charge in [0.15, 0.2) is 5.78 Å². The van der Waals surface area contributed by atoms with Gasteiger partial charge in [-0.25, -0.2) is 0 Å². The Bertz CT molecular complexity index is 248. The van der Waals surface area contributed by atoms with Gasteiger partial charge >= 0.3 is 0 Å². The predicted molar refractivity (Wildman–Crippen MR) is 67.1 cm³/mol. The lowest BCUT2D eigenvalue weighted by Gasteiger charge is -2.33. The molecule has 0 N–H and O–H groups in total. The molecule has 15 heavy (non-hydrogen) atoms. The van der Waals surface area contributed by atoms with E-state index in [1.54, 1.807) is 0 Å². The Balaban J connectivity index is 2.92. The highest BCUT2D eigenvalue weighted by Gasteiger charge is 2.46. The van der Waals surface area contributed by atoms with Crippen LogP contribution < -0.4 is 0 Å². The average molecular weight is 229 g/mol. The first kappa shape index (κ1) is 13.0. The molecule has 3 heteroatoms. The first-order valence-corrected chi connectivity index (χ1v) is 6.69. The molecule has 0 aromatic heterocycles. The Kier molecular flexibility index (Phi) is 3.88. The quantitative estimate of drug-likeness (QED) is 0.742. The van der Waals surface area contributed by atoms with Crippen LogP contribution in [0.25, 0.3) is 0 Å². The van der Waals surface area contributed by atoms with Crippen molar-refractivity contribution in [2.75, 3.05) is 5.88 Å². The molecule has 0 amide bonds. The standard InChI is InChI=1S/C12H23NOS/c1-8(2)10(14)11-12(5,6)15-7-13(11)9(3)4/h8-9,11H,7H2,1-6H3. The summed E-state index contributed by atoms with van der Waals surface area (Å²) in [5.74, 6) is 1.50. The topological polar surface area (TPSA) is 20.3 Å². The first-order valence-electron chi connectivity index (χ1n) is 5.70. The lowest BCUT2D eigenvalue weighted by molar-refractivity contribution is -0.128. The molecule has 1 rings (SSSR count). The molecule has 0 radical (unpaired) electrons. The maximum absolute atomic E-state index is 12.2. The van der Waals surface area contributed by atoms with E-state index in [1.165, 1.54) is 0 Å². The van der Waals surface area contributed by atoms with Gasteiger partial charge in [0.1, 0.15) is 0 Å². The number of hydrogen-bond donors (Lipinski definition) is 0. The average Bonchev–Trinajstić information content (AvgIpc) is 2.39. The number of hydrogen-bond acceptors (Lipinski definition) is 3. The molecule has 0 aliphatic carbocycles. The van der Waals surface area contributed by atoms with Gasteiger partial charge in [0.25, 0.3) is 0 Å². The van der Waals surface area contributed by atoms with Crippen molar-refractivity contribution in [3.8, 4) is 0 Å². The molecule has 0 aromatic carbocycles. The molecular weight excluding hydrogens is 206 g/mol. The van der Waals surface area contributed by atoms with Crippen LogP contribution in [0.3, 0.4) is 0 Å². The fraction of sp³-hybridized carbons (Fsp3) is 0.917. The number of Topliss-reactive ketones (excluding diaryl/α,β-unsaturated/α-hetero) is 1. The molecule has 0 saturated carbocycles. The third kappa shape index (κ3) is 2.56. The summed E-state index contributed by atoms with van der Waals surface area (Å²) in [5.41, 5.74) is 0. The number of rotatable bonds is 3. The lowest BCUT2D eigenvalue weighted by Crippen LogP contribution is -2.50. The van der Waals surface area contributed by atoms with Gasteiger partial charge in [-0.2, -0.15) is 0 Å². The van der Waals surface area contributed by atoms with Crippen LogP contribution in [0.5, 0.6) is 0 Å². The highest BCUT2D eigenvalue weighted by atomic mass is 32.2. The van der Waals surface area contributed by atoms with Crippen LogP contribution >= 0.6 is 11.8 Å². The zero-order valence-electron chi connectivity index (χ0n) is 10.7. The van der Waals surface area contributed by atoms with Crippen LogP contribution in [0.2, 0.25) is 0 Å². The third-order valence-electron chi connectivity index (χ3n) is 3.08. The van der Waals surface area contributed by atoms with E-state index in [0.717, 1.165) is 5.88 Å². The summed E-state index contributed by atoms with van der Waals surface area (Å²) in [6, 6.07) is 0.537. The van der Waals surface area contributed by atoms with Gasteiger partial charge in [-0.3, -0.25) is 9.69 Å². The Hall–Kier alpha value is -0.0200. The molecular formula is C12H23NOS. The van der Waals surface area contributed by atoms with Crippen LogP contribution in [-0.2, 0) is 4.79 Å². The van der Waals surface area contributed by atoms with Crippen molar-refractivity contribution in [2.45, 2.75) is 58.4 Å². The van der Waals surface area contributed by atoms with E-state index in [-0.39, 0.29) is 16.7 Å². The van der Waals surface area contributed by atoms with Crippen LogP contribution in [0.1, 0.15) is 41.5 Å². The van der Waals surface area contributed by atoms with Gasteiger partial charge in [0.2, 0.25) is 0 Å². The van der Waals surface area contributed by atoms with Crippen molar-refractivity contribution >= 4 is 17.5 Å². The smallest absolute Gasteiger partial charge is 0.153 e. The number of carbonyl (C=O) groups excluding carboxylic acids is 1. The van der Waals surface area contributed by atoms with Crippen molar-refractivity contribution in [3.05, 3.63) is 0 Å². The molecule has 1 fully saturated rings. The molecule has 1 aliphatic rings. The summed E-state index contributed by atoms with van der Waals surface area (Å²) in [7, 11) is 0. The number of thioether (sulfide) groups is 1. The predicted octanol–water partition coefficient (Wildman–Crippen LogP) is 2.77. The van der Waals surface area contributed by atoms with E-state index in [1.807, 2.05) is 25.6 Å². The number of carbonyl (C=O) groups is 1. The monoisotopic (exact) mass is 229 g/mol. The van der Waals surface area contributed by atoms with Crippen molar-refractivity contribution < 1.29 is 4.79 Å². The summed E-state index contributed by atoms with van der Waals surface area (Å²) >= 11 is 1.89. The Morgan fingerprint density at radius 1 is 1.33 bits per heavy atom. The van der Waals surface area contributed by atoms with Crippen LogP contribution in [0, 0.1) is 5.92 Å². The summed E-state index contributed by atoms with van der Waals surface area (Å²) < 4.78 is 0.0611. The van der Waals surface area contributed by atoms with E-state index < -0.39 is 0 Å². The fourth-order valence-corrected chi connectivity index (χ4v) is 3.40. The van der Waals surface area contributed by atoms with Crippen molar-refractivity contribution in [1.29, 1.82) is 0 Å². The Labute approximate surface area is 97.8 Å². The van der Waals surface area contributed by atoms with Gasteiger partial charge in [-0.15, -0.1) is 11.8 Å². The second-order valence-corrected chi connectivity index (χ2v) is 7.04. The van der Waals surface area contributed by atoms with E-state index in [2.05, 4.69) is 32.6 Å². The molecule has 0 aromatic rings. The van der Waals surface area contributed by atoms with Crippen molar-refractivity contribution in [1.82, 2.24) is 4.90 Å². The highest BCUT2D eigenvalue weighted by molar-refractivity contribution is 8.00. The highest BCUT2D eigenvalue weighted by Crippen LogP contribution is 2.41. The molecule has 2 nitrogen and oxygen atoms in total. The first-order chi connectivity index (χ1) is 6.77. The zero-order valence-corrected chi connectivity index (χ0v) is 11.5. The minimum Gasteiger partial charge on any atom is -0.298 e. The van der Waals surface area contributed by atoms with Gasteiger partial charge in [0.05, 0.1) is 6.04 Å². The molecule has 0 bridgehead atoms. The van der Waals surface area contributed by atoms with Gasteiger partial charge < -0.3 is 0 Å². The molecule has 1 unspecified atom stereocenters. The number of ketones is 1. The zero-order chi connectivity index (χ0) is 11.8. The van der Waals surface area contributed by atoms with Crippen LogP contribution in [0.4, 0.5) is 0 Å². The summed E-state index contributed by atoms with van der Waals surface area (Å²) in [6.45, 7) is 12.7. The summed E-state index contributed by atoms with van der Waals surface area (Å²) in [6.07, 6.45) is 0. The van der Waals surface area contributed by atoms with E-state index in [0.29, 0.717) is 11.8 Å². The SMILES string of the molecule is CC(C)C(=O)C1N(C(C)C)CSC1(C)C. The maximum Gasteiger partial charge on any atom is 0.153 e. The maximum atomic E-state index is 12.2. The van der Waals surface area contributed by atoms with Crippen LogP contribution in [0.15, 0.2) is 0 Å². The van der Waals surface area contributed by atoms with Gasteiger partial charge in [-0.05, 0) is 27.7 Å². The molecule has 1 saturated heterocycles. The molecule has 88 valence electrons. The lowest BCUT2D eigenvalue weighted by atomic mass is 9.90. The summed E-state index contributed by atoms with van der Waals surface area (Å²) in [5, 5.41) is 0. The second-order valence-electron chi connectivity index (χ2n) is 5.44. The van der Waals surface area contributed by atoms with E-state index in [9.17, 15) is 4.79 Å². The van der Waals surface area contributed by atoms with Crippen LogP contribution in [-0.4, -0.2) is 33.4 Å². The Morgan fingerprint density at radius 3 is 2.27 bits per heavy atom. The molecule has 1 heterocycles. The fourth-order valence-electron chi connectivity index (χ4n) is 2.06. The normalized spacial score (nSPS) is 26.5.